The molecule has 0 aromatic heterocycles. The number of ether oxygens (including phenoxy) is 1. The van der Waals surface area contributed by atoms with Crippen molar-refractivity contribution in [3.05, 3.63) is 59.9 Å². The molecular formula is C19H22FN3O2. The van der Waals surface area contributed by atoms with E-state index in [0.717, 1.165) is 24.9 Å². The van der Waals surface area contributed by atoms with Crippen LogP contribution in [0.25, 0.3) is 0 Å². The van der Waals surface area contributed by atoms with Crippen LogP contribution in [-0.4, -0.2) is 30.1 Å². The van der Waals surface area contributed by atoms with Gasteiger partial charge in [0.05, 0.1) is 0 Å². The van der Waals surface area contributed by atoms with E-state index in [-0.39, 0.29) is 11.8 Å². The quantitative estimate of drug-likeness (QED) is 0.876. The third-order valence-corrected chi connectivity index (χ3v) is 4.37. The highest BCUT2D eigenvalue weighted by molar-refractivity contribution is 5.72. The van der Waals surface area contributed by atoms with E-state index >= 15 is 0 Å². The van der Waals surface area contributed by atoms with E-state index in [0.29, 0.717) is 30.6 Å². The van der Waals surface area contributed by atoms with Crippen molar-refractivity contribution in [3.8, 4) is 11.5 Å². The normalized spacial score (nSPS) is 15.2. The molecule has 0 unspecified atom stereocenters. The van der Waals surface area contributed by atoms with Crippen LogP contribution in [0, 0.1) is 5.82 Å². The van der Waals surface area contributed by atoms with Gasteiger partial charge in [0.25, 0.3) is 0 Å². The minimum Gasteiger partial charge on any atom is -0.457 e. The third-order valence-electron chi connectivity index (χ3n) is 4.37. The molecule has 0 atom stereocenters. The molecule has 5 nitrogen and oxygen atoms in total. The molecule has 0 aliphatic carbocycles. The summed E-state index contributed by atoms with van der Waals surface area (Å²) in [6.07, 6.45) is 1.82. The predicted molar refractivity (Wildman–Crippen MR) is 93.9 cm³/mol. The second kappa shape index (κ2) is 7.98. The Kier molecular flexibility index (Phi) is 5.50. The number of nitrogens with zero attached hydrogens (tertiary/aromatic N) is 1. The molecule has 6 heteroatoms. The predicted octanol–water partition coefficient (Wildman–Crippen LogP) is 3.25. The highest BCUT2D eigenvalue weighted by Gasteiger charge is 2.20. The fourth-order valence-corrected chi connectivity index (χ4v) is 2.88. The molecule has 3 rings (SSSR count). The van der Waals surface area contributed by atoms with Crippen molar-refractivity contribution in [3.63, 3.8) is 0 Å². The van der Waals surface area contributed by atoms with Crippen molar-refractivity contribution in [1.82, 2.24) is 10.2 Å². The monoisotopic (exact) mass is 343 g/mol. The number of urea groups is 1. The summed E-state index contributed by atoms with van der Waals surface area (Å²) in [5, 5.41) is 3.51. The van der Waals surface area contributed by atoms with Crippen LogP contribution in [0.3, 0.4) is 0 Å². The number of primary amides is 1. The maximum atomic E-state index is 12.9. The van der Waals surface area contributed by atoms with Gasteiger partial charge < -0.3 is 20.7 Å². The number of nitrogens with two attached hydrogens (primary N) is 1. The van der Waals surface area contributed by atoms with E-state index in [2.05, 4.69) is 5.32 Å². The number of amides is 2. The number of benzene rings is 2. The van der Waals surface area contributed by atoms with E-state index in [1.54, 1.807) is 17.0 Å². The van der Waals surface area contributed by atoms with E-state index < -0.39 is 0 Å². The van der Waals surface area contributed by atoms with Crippen molar-refractivity contribution in [1.29, 1.82) is 0 Å². The molecule has 0 saturated carbocycles. The summed E-state index contributed by atoms with van der Waals surface area (Å²) in [6.45, 7) is 2.17. The topological polar surface area (TPSA) is 67.6 Å². The Morgan fingerprint density at radius 1 is 1.08 bits per heavy atom. The number of piperidine rings is 1. The lowest BCUT2D eigenvalue weighted by molar-refractivity contribution is 0.185. The molecule has 3 N–H and O–H groups in total. The molecule has 1 aliphatic heterocycles. The summed E-state index contributed by atoms with van der Waals surface area (Å²) < 4.78 is 18.6. The molecule has 25 heavy (non-hydrogen) atoms. The van der Waals surface area contributed by atoms with Gasteiger partial charge in [-0.1, -0.05) is 12.1 Å². The third kappa shape index (κ3) is 4.93. The average Bonchev–Trinajstić information content (AvgIpc) is 2.63. The van der Waals surface area contributed by atoms with Gasteiger partial charge in [0, 0.05) is 25.7 Å². The summed E-state index contributed by atoms with van der Waals surface area (Å²) in [7, 11) is 0. The molecule has 1 heterocycles. The van der Waals surface area contributed by atoms with Crippen LogP contribution < -0.4 is 15.8 Å². The number of nitrogens with one attached hydrogen (secondary N) is 1. The van der Waals surface area contributed by atoms with Gasteiger partial charge in [0.2, 0.25) is 0 Å². The van der Waals surface area contributed by atoms with Gasteiger partial charge >= 0.3 is 6.03 Å². The number of rotatable bonds is 5. The number of hydrogen-bond donors (Lipinski definition) is 2. The summed E-state index contributed by atoms with van der Waals surface area (Å²) in [5.74, 6) is 1.04. The molecule has 0 bridgehead atoms. The van der Waals surface area contributed by atoms with Crippen molar-refractivity contribution >= 4 is 6.03 Å². The van der Waals surface area contributed by atoms with E-state index in [4.69, 9.17) is 10.5 Å². The van der Waals surface area contributed by atoms with Gasteiger partial charge in [0.15, 0.2) is 0 Å². The molecule has 0 spiro atoms. The van der Waals surface area contributed by atoms with Crippen LogP contribution in [0.4, 0.5) is 9.18 Å². The number of likely N-dealkylation sites (tertiary alicyclic amines) is 1. The van der Waals surface area contributed by atoms with Crippen molar-refractivity contribution in [2.75, 3.05) is 13.1 Å². The number of carbonyl (C=O) groups is 1. The highest BCUT2D eigenvalue weighted by atomic mass is 19.1. The largest absolute Gasteiger partial charge is 0.457 e. The molecule has 132 valence electrons. The van der Waals surface area contributed by atoms with Crippen LogP contribution >= 0.6 is 0 Å². The summed E-state index contributed by atoms with van der Waals surface area (Å²) in [6, 6.07) is 13.8. The molecule has 1 fully saturated rings. The van der Waals surface area contributed by atoms with Crippen molar-refractivity contribution < 1.29 is 13.9 Å². The molecule has 0 radical (unpaired) electrons. The molecule has 1 saturated heterocycles. The molecule has 2 aromatic rings. The number of carbonyl (C=O) groups excluding carboxylic acids is 1. The lowest BCUT2D eigenvalue weighted by atomic mass is 10.0. The molecule has 2 aromatic carbocycles. The SMILES string of the molecule is NC(=O)N1CCC(NCc2ccc(Oc3ccc(F)cc3)cc2)CC1. The maximum Gasteiger partial charge on any atom is 0.314 e. The fourth-order valence-electron chi connectivity index (χ4n) is 2.88. The van der Waals surface area contributed by atoms with Crippen LogP contribution in [0.15, 0.2) is 48.5 Å². The smallest absolute Gasteiger partial charge is 0.314 e. The lowest BCUT2D eigenvalue weighted by Crippen LogP contribution is -2.46. The Labute approximate surface area is 146 Å². The Morgan fingerprint density at radius 2 is 1.64 bits per heavy atom. The zero-order valence-electron chi connectivity index (χ0n) is 14.0. The van der Waals surface area contributed by atoms with Gasteiger partial charge in [0.1, 0.15) is 17.3 Å². The lowest BCUT2D eigenvalue weighted by Gasteiger charge is -2.31. The average molecular weight is 343 g/mol. The first-order valence-electron chi connectivity index (χ1n) is 8.40. The van der Waals surface area contributed by atoms with Gasteiger partial charge in [-0.15, -0.1) is 0 Å². The zero-order chi connectivity index (χ0) is 17.6. The Hall–Kier alpha value is -2.60. The maximum absolute atomic E-state index is 12.9. The molecular weight excluding hydrogens is 321 g/mol. The van der Waals surface area contributed by atoms with E-state index in [1.807, 2.05) is 24.3 Å². The zero-order valence-corrected chi connectivity index (χ0v) is 14.0. The minimum absolute atomic E-state index is 0.282. The first-order chi connectivity index (χ1) is 12.1. The fraction of sp³-hybridized carbons (Fsp3) is 0.316. The summed E-state index contributed by atoms with van der Waals surface area (Å²) in [5.41, 5.74) is 6.45. The van der Waals surface area contributed by atoms with Crippen molar-refractivity contribution in [2.24, 2.45) is 5.73 Å². The standard InChI is InChI=1S/C19H22FN3O2/c20-15-3-7-18(8-4-15)25-17-5-1-14(2-6-17)13-22-16-9-11-23(12-10-16)19(21)24/h1-8,16,22H,9-13H2,(H2,21,24). The van der Waals surface area contributed by atoms with Gasteiger partial charge in [-0.25, -0.2) is 9.18 Å². The van der Waals surface area contributed by atoms with Gasteiger partial charge in [-0.2, -0.15) is 0 Å². The Bertz CT molecular complexity index is 696. The Morgan fingerprint density at radius 3 is 2.20 bits per heavy atom. The van der Waals surface area contributed by atoms with E-state index in [9.17, 15) is 9.18 Å². The second-order valence-electron chi connectivity index (χ2n) is 6.18. The number of hydrogen-bond acceptors (Lipinski definition) is 3. The second-order valence-corrected chi connectivity index (χ2v) is 6.18. The highest BCUT2D eigenvalue weighted by Crippen LogP contribution is 2.22. The minimum atomic E-state index is -0.338. The number of halogens is 1. The van der Waals surface area contributed by atoms with Crippen LogP contribution in [-0.2, 0) is 6.54 Å². The van der Waals surface area contributed by atoms with Gasteiger partial charge in [-0.3, -0.25) is 0 Å². The first-order valence-corrected chi connectivity index (χ1v) is 8.40. The first kappa shape index (κ1) is 17.2. The Balaban J connectivity index is 1.46. The summed E-state index contributed by atoms with van der Waals surface area (Å²) in [4.78, 5) is 12.8. The van der Waals surface area contributed by atoms with Crippen LogP contribution in [0.5, 0.6) is 11.5 Å². The van der Waals surface area contributed by atoms with Gasteiger partial charge in [-0.05, 0) is 54.8 Å². The van der Waals surface area contributed by atoms with Crippen LogP contribution in [0.1, 0.15) is 18.4 Å². The van der Waals surface area contributed by atoms with Crippen LogP contribution in [0.2, 0.25) is 0 Å². The van der Waals surface area contributed by atoms with Crippen molar-refractivity contribution in [2.45, 2.75) is 25.4 Å². The molecule has 2 amide bonds. The summed E-state index contributed by atoms with van der Waals surface area (Å²) >= 11 is 0. The van der Waals surface area contributed by atoms with E-state index in [1.165, 1.54) is 12.1 Å². The molecule has 1 aliphatic rings.